The summed E-state index contributed by atoms with van der Waals surface area (Å²) in [4.78, 5) is 32.2. The topological polar surface area (TPSA) is 84.7 Å². The third-order valence-corrected chi connectivity index (χ3v) is 6.27. The predicted octanol–water partition coefficient (Wildman–Crippen LogP) is 2.71. The van der Waals surface area contributed by atoms with Gasteiger partial charge in [0.15, 0.2) is 0 Å². The summed E-state index contributed by atoms with van der Waals surface area (Å²) in [5, 5.41) is 9.75. The molecule has 0 spiro atoms. The number of rotatable bonds is 4. The van der Waals surface area contributed by atoms with Gasteiger partial charge in [0.05, 0.1) is 12.3 Å². The van der Waals surface area contributed by atoms with Gasteiger partial charge < -0.3 is 19.3 Å². The maximum Gasteiger partial charge on any atom is 0.263 e. The van der Waals surface area contributed by atoms with Gasteiger partial charge in [-0.1, -0.05) is 0 Å². The molecule has 7 nitrogen and oxygen atoms in total. The lowest BCUT2D eigenvalue weighted by Gasteiger charge is -2.33. The van der Waals surface area contributed by atoms with Gasteiger partial charge in [0.25, 0.3) is 11.5 Å². The van der Waals surface area contributed by atoms with Gasteiger partial charge in [0, 0.05) is 44.4 Å². The van der Waals surface area contributed by atoms with Crippen LogP contribution in [-0.2, 0) is 0 Å². The Labute approximate surface area is 176 Å². The molecule has 0 radical (unpaired) electrons. The molecule has 30 heavy (non-hydrogen) atoms. The molecule has 1 N–H and O–H groups in total. The highest BCUT2D eigenvalue weighted by Gasteiger charge is 2.29. The minimum absolute atomic E-state index is 0.0421. The van der Waals surface area contributed by atoms with Crippen molar-refractivity contribution in [1.82, 2.24) is 14.5 Å². The highest BCUT2D eigenvalue weighted by molar-refractivity contribution is 5.95. The van der Waals surface area contributed by atoms with Crippen LogP contribution in [0.25, 0.3) is 0 Å². The Morgan fingerprint density at radius 2 is 1.87 bits per heavy atom. The lowest BCUT2D eigenvalue weighted by molar-refractivity contribution is 0.0590. The summed E-state index contributed by atoms with van der Waals surface area (Å²) in [6.07, 6.45) is 9.31. The van der Waals surface area contributed by atoms with Crippen LogP contribution in [0.15, 0.2) is 41.6 Å². The van der Waals surface area contributed by atoms with Crippen molar-refractivity contribution in [3.63, 3.8) is 0 Å². The Hall–Kier alpha value is -2.67. The molecule has 1 amide bonds. The highest BCUT2D eigenvalue weighted by atomic mass is 16.5. The van der Waals surface area contributed by atoms with Crippen molar-refractivity contribution >= 4 is 5.91 Å². The molecule has 2 aliphatic rings. The lowest BCUT2D eigenvalue weighted by Crippen LogP contribution is -2.44. The monoisotopic (exact) mass is 411 g/mol. The zero-order valence-electron chi connectivity index (χ0n) is 17.4. The number of nitrogens with zero attached hydrogens (tertiary/aromatic N) is 3. The third kappa shape index (κ3) is 4.41. The molecule has 160 valence electrons. The first kappa shape index (κ1) is 20.6. The van der Waals surface area contributed by atoms with E-state index in [2.05, 4.69) is 4.98 Å². The zero-order valence-corrected chi connectivity index (χ0v) is 17.4. The molecule has 0 bridgehead atoms. The maximum atomic E-state index is 13.2. The van der Waals surface area contributed by atoms with Crippen LogP contribution >= 0.6 is 0 Å². The maximum absolute atomic E-state index is 13.2. The average Bonchev–Trinajstić information content (AvgIpc) is 2.76. The van der Waals surface area contributed by atoms with Crippen LogP contribution in [0.1, 0.15) is 60.5 Å². The van der Waals surface area contributed by atoms with Gasteiger partial charge in [0.1, 0.15) is 17.4 Å². The van der Waals surface area contributed by atoms with E-state index < -0.39 is 0 Å². The van der Waals surface area contributed by atoms with Crippen LogP contribution in [0.3, 0.4) is 0 Å². The van der Waals surface area contributed by atoms with Crippen molar-refractivity contribution in [2.24, 2.45) is 0 Å². The molecule has 0 unspecified atom stereocenters. The van der Waals surface area contributed by atoms with Crippen LogP contribution in [0.4, 0.5) is 0 Å². The molecule has 4 rings (SSSR count). The molecule has 7 heteroatoms. The fraction of sp³-hybridized carbons (Fsp3) is 0.522. The fourth-order valence-corrected chi connectivity index (χ4v) is 4.47. The Morgan fingerprint density at radius 1 is 1.13 bits per heavy atom. The van der Waals surface area contributed by atoms with Crippen molar-refractivity contribution in [3.05, 3.63) is 58.3 Å². The number of pyridine rings is 2. The lowest BCUT2D eigenvalue weighted by atomic mass is 9.92. The normalized spacial score (nSPS) is 22.7. The summed E-state index contributed by atoms with van der Waals surface area (Å²) >= 11 is 0. The molecule has 2 aromatic heterocycles. The number of amides is 1. The van der Waals surface area contributed by atoms with E-state index in [4.69, 9.17) is 4.74 Å². The molecule has 1 aliphatic carbocycles. The minimum atomic E-state index is -0.279. The second-order valence-electron chi connectivity index (χ2n) is 8.35. The highest BCUT2D eigenvalue weighted by Crippen LogP contribution is 2.28. The summed E-state index contributed by atoms with van der Waals surface area (Å²) in [5.74, 6) is 0.546. The number of ether oxygens (including phenoxy) is 1. The number of carbonyl (C=O) groups excluding carboxylic acids is 1. The van der Waals surface area contributed by atoms with Crippen molar-refractivity contribution < 1.29 is 14.6 Å². The summed E-state index contributed by atoms with van der Waals surface area (Å²) < 4.78 is 7.66. The molecule has 0 aromatic carbocycles. The van der Waals surface area contributed by atoms with Gasteiger partial charge >= 0.3 is 0 Å². The number of carbonyl (C=O) groups is 1. The van der Waals surface area contributed by atoms with E-state index in [1.54, 1.807) is 28.1 Å². The number of hydrogen-bond donors (Lipinski definition) is 1. The number of hydrogen-bond acceptors (Lipinski definition) is 5. The Balaban J connectivity index is 1.44. The van der Waals surface area contributed by atoms with Gasteiger partial charge in [-0.2, -0.15) is 0 Å². The second kappa shape index (κ2) is 9.00. The summed E-state index contributed by atoms with van der Waals surface area (Å²) in [6, 6.07) is 5.62. The number of aromatic nitrogens is 2. The predicted molar refractivity (Wildman–Crippen MR) is 113 cm³/mol. The molecule has 2 aromatic rings. The van der Waals surface area contributed by atoms with E-state index in [0.29, 0.717) is 31.5 Å². The number of aliphatic hydroxyl groups excluding tert-OH is 1. The van der Waals surface area contributed by atoms with E-state index >= 15 is 0 Å². The van der Waals surface area contributed by atoms with Crippen LogP contribution in [0, 0.1) is 6.92 Å². The number of aryl methyl sites for hydroxylation is 1. The van der Waals surface area contributed by atoms with Crippen molar-refractivity contribution in [3.8, 4) is 5.75 Å². The first-order valence-electron chi connectivity index (χ1n) is 10.8. The van der Waals surface area contributed by atoms with E-state index in [-0.39, 0.29) is 35.3 Å². The molecule has 1 saturated carbocycles. The minimum Gasteiger partial charge on any atom is -0.489 e. The number of piperidine rings is 1. The van der Waals surface area contributed by atoms with Crippen LogP contribution < -0.4 is 10.3 Å². The van der Waals surface area contributed by atoms with E-state index in [1.165, 1.54) is 0 Å². The van der Waals surface area contributed by atoms with Gasteiger partial charge in [-0.25, -0.2) is 0 Å². The average molecular weight is 412 g/mol. The second-order valence-corrected chi connectivity index (χ2v) is 8.35. The van der Waals surface area contributed by atoms with Crippen molar-refractivity contribution in [2.75, 3.05) is 13.1 Å². The first-order chi connectivity index (χ1) is 14.5. The van der Waals surface area contributed by atoms with E-state index in [0.717, 1.165) is 31.4 Å². The van der Waals surface area contributed by atoms with Crippen LogP contribution in [0.2, 0.25) is 0 Å². The smallest absolute Gasteiger partial charge is 0.263 e. The SMILES string of the molecule is Cc1ccn(C2CCC(O)CC2)c(=O)c1C(=O)N1CCC(Oc2cccnc2)CC1. The molecule has 3 heterocycles. The molecular weight excluding hydrogens is 382 g/mol. The standard InChI is InChI=1S/C23H29N3O4/c1-16-8-14-26(17-4-6-18(27)7-5-17)23(29)21(16)22(28)25-12-9-19(10-13-25)30-20-3-2-11-24-15-20/h2-3,8,11,14-15,17-19,27H,4-7,9-10,12-13H2,1H3. The summed E-state index contributed by atoms with van der Waals surface area (Å²) in [6.45, 7) is 2.95. The van der Waals surface area contributed by atoms with Gasteiger partial charge in [0.2, 0.25) is 0 Å². The molecule has 1 saturated heterocycles. The summed E-state index contributed by atoms with van der Waals surface area (Å²) in [7, 11) is 0. The third-order valence-electron chi connectivity index (χ3n) is 6.27. The van der Waals surface area contributed by atoms with Gasteiger partial charge in [-0.15, -0.1) is 0 Å². The molecule has 2 fully saturated rings. The van der Waals surface area contributed by atoms with E-state index in [9.17, 15) is 14.7 Å². The Bertz CT molecular complexity index is 927. The molecule has 0 atom stereocenters. The number of aliphatic hydroxyl groups is 1. The number of likely N-dealkylation sites (tertiary alicyclic amines) is 1. The van der Waals surface area contributed by atoms with Gasteiger partial charge in [-0.3, -0.25) is 14.6 Å². The van der Waals surface area contributed by atoms with Crippen LogP contribution in [0.5, 0.6) is 5.75 Å². The Kier molecular flexibility index (Phi) is 6.18. The quantitative estimate of drug-likeness (QED) is 0.836. The zero-order chi connectivity index (χ0) is 21.1. The largest absolute Gasteiger partial charge is 0.489 e. The van der Waals surface area contributed by atoms with Gasteiger partial charge in [-0.05, 0) is 56.4 Å². The summed E-state index contributed by atoms with van der Waals surface area (Å²) in [5.41, 5.74) is 0.774. The first-order valence-corrected chi connectivity index (χ1v) is 10.8. The fourth-order valence-electron chi connectivity index (χ4n) is 4.47. The molecular formula is C23H29N3O4. The Morgan fingerprint density at radius 3 is 2.53 bits per heavy atom. The van der Waals surface area contributed by atoms with E-state index in [1.807, 2.05) is 25.1 Å². The van der Waals surface area contributed by atoms with Crippen molar-refractivity contribution in [1.29, 1.82) is 0 Å². The van der Waals surface area contributed by atoms with Crippen LogP contribution in [-0.4, -0.2) is 50.8 Å². The molecule has 1 aliphatic heterocycles. The van der Waals surface area contributed by atoms with Crippen molar-refractivity contribution in [2.45, 2.75) is 63.7 Å².